The van der Waals surface area contributed by atoms with Gasteiger partial charge in [-0.25, -0.2) is 4.98 Å². The first kappa shape index (κ1) is 15.1. The first-order chi connectivity index (χ1) is 10.1. The van der Waals surface area contributed by atoms with Gasteiger partial charge < -0.3 is 4.90 Å². The van der Waals surface area contributed by atoms with Crippen LogP contribution in [0.4, 0.5) is 0 Å². The lowest BCUT2D eigenvalue weighted by atomic mass is 10.1. The van der Waals surface area contributed by atoms with E-state index >= 15 is 0 Å². The molecule has 0 saturated carbocycles. The van der Waals surface area contributed by atoms with Crippen molar-refractivity contribution in [1.82, 2.24) is 9.88 Å². The third-order valence-corrected chi connectivity index (χ3v) is 6.08. The van der Waals surface area contributed by atoms with Crippen LogP contribution in [0.2, 0.25) is 5.02 Å². The van der Waals surface area contributed by atoms with Crippen molar-refractivity contribution in [1.29, 1.82) is 0 Å². The second kappa shape index (κ2) is 6.55. The Hall–Kier alpha value is -0.780. The average molecular weight is 341 g/mol. The van der Waals surface area contributed by atoms with Crippen molar-refractivity contribution in [3.8, 4) is 0 Å². The van der Waals surface area contributed by atoms with Gasteiger partial charge in [-0.05, 0) is 44.4 Å². The van der Waals surface area contributed by atoms with E-state index in [0.29, 0.717) is 5.02 Å². The molecule has 112 valence electrons. The normalized spacial score (nSPS) is 17.1. The highest BCUT2D eigenvalue weighted by atomic mass is 35.5. The average Bonchev–Trinajstić information content (AvgIpc) is 2.88. The molecule has 2 aromatic rings. The van der Waals surface area contributed by atoms with Crippen LogP contribution in [0.15, 0.2) is 22.5 Å². The maximum atomic E-state index is 12.4. The molecular formula is C15H17ClN2OS2. The van der Waals surface area contributed by atoms with E-state index in [1.165, 1.54) is 6.42 Å². The molecular weight excluding hydrogens is 324 g/mol. The molecule has 1 aromatic heterocycles. The summed E-state index contributed by atoms with van der Waals surface area (Å²) in [7, 11) is 0. The van der Waals surface area contributed by atoms with Crippen LogP contribution < -0.4 is 0 Å². The van der Waals surface area contributed by atoms with Crippen LogP contribution >= 0.6 is 34.7 Å². The van der Waals surface area contributed by atoms with Crippen molar-refractivity contribution in [3.63, 3.8) is 0 Å². The van der Waals surface area contributed by atoms with Gasteiger partial charge in [0, 0.05) is 18.1 Å². The summed E-state index contributed by atoms with van der Waals surface area (Å²) in [4.78, 5) is 19.0. The maximum Gasteiger partial charge on any atom is 0.235 e. The topological polar surface area (TPSA) is 33.2 Å². The Balaban J connectivity index is 1.70. The van der Waals surface area contributed by atoms with E-state index in [2.05, 4.69) is 4.98 Å². The molecule has 0 radical (unpaired) electrons. The number of thioether (sulfide) groups is 1. The number of piperidine rings is 1. The number of fused-ring (bicyclic) bond motifs is 1. The van der Waals surface area contributed by atoms with Crippen LogP contribution in [0.3, 0.4) is 0 Å². The van der Waals surface area contributed by atoms with Gasteiger partial charge in [0.15, 0.2) is 4.34 Å². The Labute approximate surface area is 137 Å². The molecule has 1 amide bonds. The number of amides is 1. The van der Waals surface area contributed by atoms with Crippen molar-refractivity contribution in [2.75, 3.05) is 13.1 Å². The van der Waals surface area contributed by atoms with E-state index in [9.17, 15) is 4.79 Å². The zero-order valence-electron chi connectivity index (χ0n) is 11.8. The summed E-state index contributed by atoms with van der Waals surface area (Å²) in [6, 6.07) is 5.73. The van der Waals surface area contributed by atoms with Crippen LogP contribution in [-0.4, -0.2) is 34.1 Å². The molecule has 1 aliphatic rings. The van der Waals surface area contributed by atoms with Crippen molar-refractivity contribution in [3.05, 3.63) is 23.2 Å². The van der Waals surface area contributed by atoms with Crippen LogP contribution in [0.1, 0.15) is 26.2 Å². The second-order valence-electron chi connectivity index (χ2n) is 5.24. The van der Waals surface area contributed by atoms with Crippen molar-refractivity contribution < 1.29 is 4.79 Å². The molecule has 0 spiro atoms. The lowest BCUT2D eigenvalue weighted by Gasteiger charge is -2.28. The van der Waals surface area contributed by atoms with E-state index in [-0.39, 0.29) is 11.2 Å². The smallest absolute Gasteiger partial charge is 0.235 e. The van der Waals surface area contributed by atoms with Gasteiger partial charge >= 0.3 is 0 Å². The highest BCUT2D eigenvalue weighted by Crippen LogP contribution is 2.33. The Morgan fingerprint density at radius 3 is 2.90 bits per heavy atom. The molecule has 1 atom stereocenters. The predicted molar refractivity (Wildman–Crippen MR) is 90.4 cm³/mol. The zero-order valence-corrected chi connectivity index (χ0v) is 14.2. The fourth-order valence-electron chi connectivity index (χ4n) is 2.50. The van der Waals surface area contributed by atoms with Gasteiger partial charge in [-0.2, -0.15) is 0 Å². The van der Waals surface area contributed by atoms with E-state index in [1.807, 2.05) is 30.0 Å². The largest absolute Gasteiger partial charge is 0.342 e. The Morgan fingerprint density at radius 2 is 2.14 bits per heavy atom. The van der Waals surface area contributed by atoms with Crippen molar-refractivity contribution in [2.24, 2.45) is 0 Å². The van der Waals surface area contributed by atoms with Gasteiger partial charge in [-0.1, -0.05) is 23.4 Å². The van der Waals surface area contributed by atoms with Crippen molar-refractivity contribution in [2.45, 2.75) is 35.8 Å². The van der Waals surface area contributed by atoms with Crippen molar-refractivity contribution >= 4 is 50.8 Å². The maximum absolute atomic E-state index is 12.4. The second-order valence-corrected chi connectivity index (χ2v) is 8.29. The van der Waals surface area contributed by atoms with Gasteiger partial charge in [-0.15, -0.1) is 11.3 Å². The first-order valence-corrected chi connectivity index (χ1v) is 9.22. The molecule has 1 aliphatic heterocycles. The number of thiazole rings is 1. The van der Waals surface area contributed by atoms with E-state index < -0.39 is 0 Å². The first-order valence-electron chi connectivity index (χ1n) is 7.15. The molecule has 1 saturated heterocycles. The summed E-state index contributed by atoms with van der Waals surface area (Å²) in [5.41, 5.74) is 0.910. The Kier molecular flexibility index (Phi) is 4.72. The summed E-state index contributed by atoms with van der Waals surface area (Å²) in [6.45, 7) is 3.78. The monoisotopic (exact) mass is 340 g/mol. The van der Waals surface area contributed by atoms with E-state index in [1.54, 1.807) is 23.1 Å². The minimum Gasteiger partial charge on any atom is -0.342 e. The van der Waals surface area contributed by atoms with Gasteiger partial charge in [0.25, 0.3) is 0 Å². The summed E-state index contributed by atoms with van der Waals surface area (Å²) in [5, 5.41) is 0.612. The molecule has 1 fully saturated rings. The highest BCUT2D eigenvalue weighted by Gasteiger charge is 2.23. The fraction of sp³-hybridized carbons (Fsp3) is 0.467. The molecule has 0 bridgehead atoms. The summed E-state index contributed by atoms with van der Waals surface area (Å²) in [6.07, 6.45) is 3.50. The van der Waals surface area contributed by atoms with E-state index in [0.717, 1.165) is 40.5 Å². The van der Waals surface area contributed by atoms with Crippen LogP contribution in [0, 0.1) is 0 Å². The molecule has 21 heavy (non-hydrogen) atoms. The number of benzene rings is 1. The molecule has 6 heteroatoms. The fourth-order valence-corrected chi connectivity index (χ4v) is 4.94. The molecule has 3 nitrogen and oxygen atoms in total. The van der Waals surface area contributed by atoms with Crippen LogP contribution in [0.5, 0.6) is 0 Å². The minimum absolute atomic E-state index is 0.0841. The van der Waals surface area contributed by atoms with Gasteiger partial charge in [0.2, 0.25) is 5.91 Å². The number of halogens is 1. The predicted octanol–water partition coefficient (Wildman–Crippen LogP) is 4.44. The number of nitrogens with zero attached hydrogens (tertiary/aromatic N) is 2. The molecule has 0 unspecified atom stereocenters. The third kappa shape index (κ3) is 3.52. The lowest BCUT2D eigenvalue weighted by molar-refractivity contribution is -0.131. The Morgan fingerprint density at radius 1 is 1.38 bits per heavy atom. The van der Waals surface area contributed by atoms with E-state index in [4.69, 9.17) is 11.6 Å². The third-order valence-electron chi connectivity index (χ3n) is 3.62. The zero-order chi connectivity index (χ0) is 14.8. The molecule has 0 aliphatic carbocycles. The number of hydrogen-bond donors (Lipinski definition) is 0. The van der Waals surface area contributed by atoms with Gasteiger partial charge in [0.05, 0.1) is 15.5 Å². The molecule has 2 heterocycles. The van der Waals surface area contributed by atoms with Crippen LogP contribution in [0.25, 0.3) is 10.2 Å². The minimum atomic E-state index is -0.0841. The number of aromatic nitrogens is 1. The SMILES string of the molecule is C[C@@H](Sc1nc2cc(Cl)ccc2s1)C(=O)N1CCCCC1. The van der Waals surface area contributed by atoms with Crippen LogP contribution in [-0.2, 0) is 4.79 Å². The number of carbonyl (C=O) groups excluding carboxylic acids is 1. The molecule has 1 aromatic carbocycles. The lowest BCUT2D eigenvalue weighted by Crippen LogP contribution is -2.40. The highest BCUT2D eigenvalue weighted by molar-refractivity contribution is 8.02. The van der Waals surface area contributed by atoms with Gasteiger partial charge in [-0.3, -0.25) is 4.79 Å². The number of carbonyl (C=O) groups is 1. The summed E-state index contributed by atoms with van der Waals surface area (Å²) < 4.78 is 2.05. The summed E-state index contributed by atoms with van der Waals surface area (Å²) in [5.74, 6) is 0.233. The summed E-state index contributed by atoms with van der Waals surface area (Å²) >= 11 is 9.15. The molecule has 3 rings (SSSR count). The quantitative estimate of drug-likeness (QED) is 0.774. The van der Waals surface area contributed by atoms with Gasteiger partial charge in [0.1, 0.15) is 0 Å². The number of hydrogen-bond acceptors (Lipinski definition) is 4. The standard InChI is InChI=1S/C15H17ClN2OS2/c1-10(14(19)18-7-3-2-4-8-18)20-15-17-12-9-11(16)5-6-13(12)21-15/h5-6,9-10H,2-4,7-8H2,1H3/t10-/m1/s1. The molecule has 0 N–H and O–H groups in total. The Bertz CT molecular complexity index is 652. The number of rotatable bonds is 3. The number of likely N-dealkylation sites (tertiary alicyclic amines) is 1.